The maximum Gasteiger partial charge on any atom is 0.343 e. The Hall–Kier alpha value is -4.61. The van der Waals surface area contributed by atoms with Crippen molar-refractivity contribution in [2.24, 2.45) is 4.99 Å². The minimum Gasteiger partial charge on any atom is -0.490 e. The van der Waals surface area contributed by atoms with Crippen molar-refractivity contribution in [3.63, 3.8) is 0 Å². The van der Waals surface area contributed by atoms with Gasteiger partial charge in [0.05, 0.1) is 42.2 Å². The zero-order valence-corrected chi connectivity index (χ0v) is 26.0. The highest BCUT2D eigenvalue weighted by atomic mass is 35.5. The van der Waals surface area contributed by atoms with E-state index in [4.69, 9.17) is 30.2 Å². The second-order valence-corrected chi connectivity index (χ2v) is 11.0. The second kappa shape index (κ2) is 13.4. The van der Waals surface area contributed by atoms with Crippen molar-refractivity contribution in [3.05, 3.63) is 102 Å². The summed E-state index contributed by atoms with van der Waals surface area (Å²) in [4.78, 5) is 43.9. The van der Waals surface area contributed by atoms with Crippen LogP contribution in [0.15, 0.2) is 80.1 Å². The fraction of sp³-hybridized carbons (Fsp3) is 0.250. The number of hydrogen-bond acceptors (Lipinski definition) is 10. The Morgan fingerprint density at radius 1 is 1.05 bits per heavy atom. The predicted molar refractivity (Wildman–Crippen MR) is 165 cm³/mol. The molecule has 0 N–H and O–H groups in total. The molecule has 5 rings (SSSR count). The lowest BCUT2D eigenvalue weighted by Crippen LogP contribution is -2.40. The quantitative estimate of drug-likeness (QED) is 0.231. The Morgan fingerprint density at radius 3 is 2.52 bits per heavy atom. The summed E-state index contributed by atoms with van der Waals surface area (Å²) >= 11 is 7.19. The van der Waals surface area contributed by atoms with Crippen molar-refractivity contribution in [2.45, 2.75) is 26.8 Å². The Balaban J connectivity index is 1.61. The number of nitrogens with zero attached hydrogens (tertiary/aromatic N) is 2. The molecular formula is C32H29ClN2O8S. The Bertz CT molecular complexity index is 1920. The molecule has 1 atom stereocenters. The van der Waals surface area contributed by atoms with Crippen LogP contribution in [0.5, 0.6) is 11.5 Å². The van der Waals surface area contributed by atoms with Crippen LogP contribution in [-0.2, 0) is 19.1 Å². The highest BCUT2D eigenvalue weighted by molar-refractivity contribution is 7.07. The van der Waals surface area contributed by atoms with E-state index in [1.807, 2.05) is 18.2 Å². The molecule has 4 aromatic rings. The lowest BCUT2D eigenvalue weighted by Gasteiger charge is -2.25. The number of benzene rings is 2. The van der Waals surface area contributed by atoms with Gasteiger partial charge in [-0.2, -0.15) is 0 Å². The molecule has 3 heterocycles. The number of carbonyl (C=O) groups excluding carboxylic acids is 2. The summed E-state index contributed by atoms with van der Waals surface area (Å²) in [5.74, 6) is 0.598. The lowest BCUT2D eigenvalue weighted by molar-refractivity contribution is -0.143. The van der Waals surface area contributed by atoms with Crippen molar-refractivity contribution >= 4 is 41.0 Å². The van der Waals surface area contributed by atoms with E-state index in [0.717, 1.165) is 5.56 Å². The molecular weight excluding hydrogens is 608 g/mol. The van der Waals surface area contributed by atoms with Gasteiger partial charge in [-0.15, -0.1) is 0 Å². The van der Waals surface area contributed by atoms with Crippen LogP contribution in [0.3, 0.4) is 0 Å². The molecule has 1 aliphatic heterocycles. The third-order valence-corrected chi connectivity index (χ3v) is 7.94. The number of aromatic nitrogens is 1. The summed E-state index contributed by atoms with van der Waals surface area (Å²) in [6, 6.07) is 15.0. The number of esters is 2. The van der Waals surface area contributed by atoms with Crippen LogP contribution in [0.1, 0.15) is 38.1 Å². The first kappa shape index (κ1) is 30.8. The van der Waals surface area contributed by atoms with E-state index in [1.165, 1.54) is 23.0 Å². The van der Waals surface area contributed by atoms with Crippen LogP contribution >= 0.6 is 22.9 Å². The number of allylic oxidation sites excluding steroid dienone is 1. The van der Waals surface area contributed by atoms with Crippen LogP contribution in [0.25, 0.3) is 17.4 Å². The summed E-state index contributed by atoms with van der Waals surface area (Å²) in [6.07, 6.45) is 1.65. The van der Waals surface area contributed by atoms with E-state index in [9.17, 15) is 14.4 Å². The lowest BCUT2D eigenvalue weighted by atomic mass is 9.95. The maximum absolute atomic E-state index is 14.0. The molecule has 0 radical (unpaired) electrons. The van der Waals surface area contributed by atoms with Gasteiger partial charge in [-0.3, -0.25) is 9.36 Å². The van der Waals surface area contributed by atoms with E-state index >= 15 is 0 Å². The zero-order chi connectivity index (χ0) is 31.4. The molecule has 0 bridgehead atoms. The number of hydrogen-bond donors (Lipinski definition) is 0. The summed E-state index contributed by atoms with van der Waals surface area (Å²) in [6.45, 7) is 5.36. The Kier molecular flexibility index (Phi) is 9.36. The van der Waals surface area contributed by atoms with E-state index in [0.29, 0.717) is 55.2 Å². The van der Waals surface area contributed by atoms with E-state index < -0.39 is 18.0 Å². The van der Waals surface area contributed by atoms with Gasteiger partial charge < -0.3 is 23.4 Å². The van der Waals surface area contributed by atoms with Crippen molar-refractivity contribution < 1.29 is 33.0 Å². The molecule has 0 unspecified atom stereocenters. The molecule has 0 fully saturated rings. The summed E-state index contributed by atoms with van der Waals surface area (Å²) < 4.78 is 29.3. The molecule has 12 heteroatoms. The number of methoxy groups -OCH3 is 1. The van der Waals surface area contributed by atoms with Crippen molar-refractivity contribution in [1.29, 1.82) is 0 Å². The third kappa shape index (κ3) is 6.34. The molecule has 2 aromatic heterocycles. The van der Waals surface area contributed by atoms with E-state index in [1.54, 1.807) is 63.2 Å². The average Bonchev–Trinajstić information content (AvgIpc) is 3.60. The van der Waals surface area contributed by atoms with Gasteiger partial charge in [-0.1, -0.05) is 29.0 Å². The second-order valence-electron chi connectivity index (χ2n) is 9.52. The molecule has 1 aliphatic rings. The SMILES string of the molecule is CCOC(=O)C1=C(C)N=c2s/c(=C\c3ccc(-c4ccc(Cl)cc4)o3)c(=O)n2[C@H]1c1ccc(OCC(=O)OC)c(OCC)c1. The van der Waals surface area contributed by atoms with Gasteiger partial charge >= 0.3 is 11.9 Å². The number of rotatable bonds is 10. The normalized spacial score (nSPS) is 14.6. The van der Waals surface area contributed by atoms with Crippen LogP contribution < -0.4 is 24.4 Å². The summed E-state index contributed by atoms with van der Waals surface area (Å²) in [7, 11) is 1.27. The largest absolute Gasteiger partial charge is 0.490 e. The highest BCUT2D eigenvalue weighted by Gasteiger charge is 2.34. The van der Waals surface area contributed by atoms with Crippen molar-refractivity contribution in [1.82, 2.24) is 4.57 Å². The predicted octanol–water partition coefficient (Wildman–Crippen LogP) is 4.66. The molecule has 0 saturated heterocycles. The van der Waals surface area contributed by atoms with Gasteiger partial charge in [0, 0.05) is 16.7 Å². The topological polar surface area (TPSA) is 119 Å². The zero-order valence-electron chi connectivity index (χ0n) is 24.4. The molecule has 2 aromatic carbocycles. The summed E-state index contributed by atoms with van der Waals surface area (Å²) in [5.41, 5.74) is 1.69. The minimum atomic E-state index is -0.873. The van der Waals surface area contributed by atoms with Crippen molar-refractivity contribution in [3.8, 4) is 22.8 Å². The van der Waals surface area contributed by atoms with E-state index in [-0.39, 0.29) is 24.3 Å². The first-order valence-electron chi connectivity index (χ1n) is 13.8. The molecule has 0 saturated carbocycles. The number of carbonyl (C=O) groups is 2. The van der Waals surface area contributed by atoms with Gasteiger partial charge in [-0.25, -0.2) is 14.6 Å². The standard InChI is InChI=1S/C32H29ClN2O8S/c1-5-40-25-15-20(9-13-24(25)42-17-27(36)39-4)29-28(31(38)41-6-2)18(3)34-32-35(29)30(37)26(44-32)16-22-12-14-23(43-22)19-7-10-21(33)11-8-19/h7-16,29H,5-6,17H2,1-4H3/b26-16-/t29-/m0/s1. The van der Waals surface area contributed by atoms with Crippen molar-refractivity contribution in [2.75, 3.05) is 26.9 Å². The first-order valence-corrected chi connectivity index (χ1v) is 14.9. The monoisotopic (exact) mass is 636 g/mol. The van der Waals surface area contributed by atoms with Gasteiger partial charge in [-0.05, 0) is 74.9 Å². The van der Waals surface area contributed by atoms with Crippen LogP contribution in [0, 0.1) is 0 Å². The molecule has 0 spiro atoms. The van der Waals surface area contributed by atoms with Gasteiger partial charge in [0.15, 0.2) is 22.9 Å². The fourth-order valence-corrected chi connectivity index (χ4v) is 5.87. The number of thiazole rings is 1. The average molecular weight is 637 g/mol. The number of halogens is 1. The number of furan rings is 1. The number of fused-ring (bicyclic) bond motifs is 1. The van der Waals surface area contributed by atoms with Gasteiger partial charge in [0.2, 0.25) is 0 Å². The van der Waals surface area contributed by atoms with Gasteiger partial charge in [0.1, 0.15) is 11.5 Å². The van der Waals surface area contributed by atoms with E-state index in [2.05, 4.69) is 9.73 Å². The molecule has 0 aliphatic carbocycles. The highest BCUT2D eigenvalue weighted by Crippen LogP contribution is 2.36. The van der Waals surface area contributed by atoms with Crippen LogP contribution in [-0.4, -0.2) is 43.4 Å². The van der Waals surface area contributed by atoms with Crippen LogP contribution in [0.4, 0.5) is 0 Å². The summed E-state index contributed by atoms with van der Waals surface area (Å²) in [5, 5.41) is 0.616. The molecule has 44 heavy (non-hydrogen) atoms. The van der Waals surface area contributed by atoms with Crippen LogP contribution in [0.2, 0.25) is 5.02 Å². The fourth-order valence-electron chi connectivity index (χ4n) is 4.71. The first-order chi connectivity index (χ1) is 21.2. The smallest absolute Gasteiger partial charge is 0.343 e. The molecule has 10 nitrogen and oxygen atoms in total. The van der Waals surface area contributed by atoms with Gasteiger partial charge in [0.25, 0.3) is 5.56 Å². The number of ether oxygens (including phenoxy) is 4. The Labute approximate surface area is 261 Å². The molecule has 228 valence electrons. The molecule has 0 amide bonds. The Morgan fingerprint density at radius 2 is 1.82 bits per heavy atom. The maximum atomic E-state index is 14.0. The third-order valence-electron chi connectivity index (χ3n) is 6.70. The minimum absolute atomic E-state index is 0.145.